The van der Waals surface area contributed by atoms with Crippen molar-refractivity contribution in [3.63, 3.8) is 0 Å². The Morgan fingerprint density at radius 2 is 2.08 bits per heavy atom. The standard InChI is InChI=1S/C14H27N7O2.ClH/c15-4-2-1-3-13(14(23)20-7-5-17-6-8-20)21-9-12(18-19-21)11(16)10-22;/h9,11,13,17,22H,1-8,10,15-16H2;1H/p-1. The molecule has 0 aliphatic carbocycles. The van der Waals surface area contributed by atoms with Gasteiger partial charge in [-0.2, -0.15) is 0 Å². The van der Waals surface area contributed by atoms with E-state index in [1.807, 2.05) is 4.90 Å². The van der Waals surface area contributed by atoms with Crippen LogP contribution in [0.4, 0.5) is 0 Å². The molecule has 1 aromatic heterocycles. The second-order valence-electron chi connectivity index (χ2n) is 5.79. The highest BCUT2D eigenvalue weighted by Crippen LogP contribution is 2.19. The number of unbranched alkanes of at least 4 members (excludes halogenated alkanes) is 1. The minimum atomic E-state index is -0.581. The predicted octanol–water partition coefficient (Wildman–Crippen LogP) is -4.62. The highest BCUT2D eigenvalue weighted by molar-refractivity contribution is 5.80. The molecule has 6 N–H and O–H groups in total. The summed E-state index contributed by atoms with van der Waals surface area (Å²) in [4.78, 5) is 14.7. The molecule has 1 aliphatic heterocycles. The highest BCUT2D eigenvalue weighted by atomic mass is 35.5. The van der Waals surface area contributed by atoms with Crippen LogP contribution in [0.25, 0.3) is 0 Å². The quantitative estimate of drug-likeness (QED) is 0.342. The average Bonchev–Trinajstić information content (AvgIpc) is 3.08. The van der Waals surface area contributed by atoms with Gasteiger partial charge in [0.25, 0.3) is 0 Å². The molecular formula is C14H27ClN7O2-. The molecule has 1 aliphatic rings. The van der Waals surface area contributed by atoms with Crippen molar-refractivity contribution in [2.75, 3.05) is 39.3 Å². The highest BCUT2D eigenvalue weighted by Gasteiger charge is 2.28. The van der Waals surface area contributed by atoms with Crippen LogP contribution < -0.4 is 29.2 Å². The SMILES string of the molecule is NCCCCC(C(=O)N1CCNCC1)n1cc(C(N)CO)nn1.[Cl-]. The number of aromatic nitrogens is 3. The Kier molecular flexibility index (Phi) is 9.16. The summed E-state index contributed by atoms with van der Waals surface area (Å²) in [5, 5.41) is 20.4. The maximum absolute atomic E-state index is 12.8. The summed E-state index contributed by atoms with van der Waals surface area (Å²) in [5.74, 6) is 0.0533. The second-order valence-corrected chi connectivity index (χ2v) is 5.79. The summed E-state index contributed by atoms with van der Waals surface area (Å²) in [6, 6.07) is -0.977. The number of hydrogen-bond donors (Lipinski definition) is 4. The van der Waals surface area contributed by atoms with Crippen LogP contribution in [-0.2, 0) is 4.79 Å². The van der Waals surface area contributed by atoms with Crippen LogP contribution in [0.1, 0.15) is 37.0 Å². The van der Waals surface area contributed by atoms with Crippen LogP contribution >= 0.6 is 0 Å². The smallest absolute Gasteiger partial charge is 0.247 e. The predicted molar refractivity (Wildman–Crippen MR) is 85.4 cm³/mol. The summed E-state index contributed by atoms with van der Waals surface area (Å²) in [6.45, 7) is 3.40. The number of nitrogens with one attached hydrogen (secondary N) is 1. The van der Waals surface area contributed by atoms with Gasteiger partial charge in [-0.1, -0.05) is 5.21 Å². The van der Waals surface area contributed by atoms with E-state index in [0.717, 1.165) is 25.9 Å². The van der Waals surface area contributed by atoms with Crippen LogP contribution in [0.2, 0.25) is 0 Å². The third kappa shape index (κ3) is 5.38. The second kappa shape index (κ2) is 10.6. The van der Waals surface area contributed by atoms with E-state index >= 15 is 0 Å². The molecule has 9 nitrogen and oxygen atoms in total. The van der Waals surface area contributed by atoms with Gasteiger partial charge in [-0.15, -0.1) is 5.10 Å². The summed E-state index contributed by atoms with van der Waals surface area (Å²) in [5.41, 5.74) is 11.8. The van der Waals surface area contributed by atoms with Crippen LogP contribution in [0.5, 0.6) is 0 Å². The van der Waals surface area contributed by atoms with Gasteiger partial charge in [-0.3, -0.25) is 4.79 Å². The van der Waals surface area contributed by atoms with E-state index in [4.69, 9.17) is 16.6 Å². The Labute approximate surface area is 148 Å². The minimum absolute atomic E-state index is 0. The fourth-order valence-electron chi connectivity index (χ4n) is 2.65. The molecule has 2 unspecified atom stereocenters. The van der Waals surface area contributed by atoms with Gasteiger partial charge in [-0.05, 0) is 25.8 Å². The zero-order valence-corrected chi connectivity index (χ0v) is 14.5. The van der Waals surface area contributed by atoms with E-state index in [1.165, 1.54) is 0 Å². The maximum atomic E-state index is 12.8. The molecule has 2 rings (SSSR count). The van der Waals surface area contributed by atoms with Crippen molar-refractivity contribution >= 4 is 5.91 Å². The van der Waals surface area contributed by atoms with E-state index in [9.17, 15) is 4.79 Å². The molecular weight excluding hydrogens is 334 g/mol. The van der Waals surface area contributed by atoms with Crippen molar-refractivity contribution in [3.05, 3.63) is 11.9 Å². The lowest BCUT2D eigenvalue weighted by Gasteiger charge is -2.30. The molecule has 10 heteroatoms. The van der Waals surface area contributed by atoms with Crippen LogP contribution in [-0.4, -0.2) is 70.2 Å². The number of rotatable bonds is 8. The Morgan fingerprint density at radius 1 is 1.38 bits per heavy atom. The molecule has 2 atom stereocenters. The molecule has 1 amide bonds. The largest absolute Gasteiger partial charge is 1.00 e. The topological polar surface area (TPSA) is 135 Å². The molecule has 0 aromatic carbocycles. The lowest BCUT2D eigenvalue weighted by atomic mass is 10.1. The van der Waals surface area contributed by atoms with Gasteiger partial charge in [0.1, 0.15) is 11.7 Å². The van der Waals surface area contributed by atoms with E-state index in [1.54, 1.807) is 10.9 Å². The van der Waals surface area contributed by atoms with Crippen LogP contribution in [0.15, 0.2) is 6.20 Å². The number of piperazine rings is 1. The van der Waals surface area contributed by atoms with Gasteiger partial charge in [-0.25, -0.2) is 4.68 Å². The molecule has 0 saturated carbocycles. The number of aliphatic hydroxyl groups excluding tert-OH is 1. The van der Waals surface area contributed by atoms with Crippen molar-refractivity contribution in [1.82, 2.24) is 25.2 Å². The number of carbonyl (C=O) groups excluding carboxylic acids is 1. The molecule has 24 heavy (non-hydrogen) atoms. The van der Waals surface area contributed by atoms with Crippen molar-refractivity contribution < 1.29 is 22.3 Å². The summed E-state index contributed by atoms with van der Waals surface area (Å²) >= 11 is 0. The van der Waals surface area contributed by atoms with E-state index < -0.39 is 12.1 Å². The fraction of sp³-hybridized carbons (Fsp3) is 0.786. The van der Waals surface area contributed by atoms with Gasteiger partial charge in [0.2, 0.25) is 5.91 Å². The van der Waals surface area contributed by atoms with Crippen molar-refractivity contribution in [2.45, 2.75) is 31.3 Å². The zero-order valence-electron chi connectivity index (χ0n) is 13.8. The summed E-state index contributed by atoms with van der Waals surface area (Å²) in [6.07, 6.45) is 4.04. The van der Waals surface area contributed by atoms with Crippen molar-refractivity contribution in [3.8, 4) is 0 Å². The molecule has 0 spiro atoms. The van der Waals surface area contributed by atoms with E-state index in [-0.39, 0.29) is 24.9 Å². The van der Waals surface area contributed by atoms with Crippen molar-refractivity contribution in [1.29, 1.82) is 0 Å². The zero-order chi connectivity index (χ0) is 16.7. The first kappa shape index (κ1) is 20.8. The third-order valence-electron chi connectivity index (χ3n) is 4.07. The van der Waals surface area contributed by atoms with Gasteiger partial charge >= 0.3 is 0 Å². The Morgan fingerprint density at radius 3 is 2.71 bits per heavy atom. The molecule has 0 radical (unpaired) electrons. The Hall–Kier alpha value is -1.26. The van der Waals surface area contributed by atoms with Crippen molar-refractivity contribution in [2.24, 2.45) is 11.5 Å². The molecule has 0 bridgehead atoms. The maximum Gasteiger partial charge on any atom is 0.247 e. The number of halogens is 1. The van der Waals surface area contributed by atoms with Gasteiger partial charge in [0.15, 0.2) is 0 Å². The third-order valence-corrected chi connectivity index (χ3v) is 4.07. The summed E-state index contributed by atoms with van der Waals surface area (Å²) < 4.78 is 1.58. The molecule has 1 fully saturated rings. The van der Waals surface area contributed by atoms with Crippen LogP contribution in [0.3, 0.4) is 0 Å². The number of hydrogen-bond acceptors (Lipinski definition) is 7. The number of carbonyl (C=O) groups is 1. The molecule has 138 valence electrons. The average molecular weight is 361 g/mol. The monoisotopic (exact) mass is 360 g/mol. The number of nitrogens with two attached hydrogens (primary N) is 2. The fourth-order valence-corrected chi connectivity index (χ4v) is 2.65. The minimum Gasteiger partial charge on any atom is -1.00 e. The normalized spacial score (nSPS) is 17.2. The lowest BCUT2D eigenvalue weighted by molar-refractivity contribution is -0.136. The number of nitrogens with zero attached hydrogens (tertiary/aromatic N) is 4. The molecule has 1 aromatic rings. The summed E-state index contributed by atoms with van der Waals surface area (Å²) in [7, 11) is 0. The lowest BCUT2D eigenvalue weighted by Crippen LogP contribution is -3.00. The number of amides is 1. The molecule has 1 saturated heterocycles. The first-order chi connectivity index (χ1) is 11.2. The van der Waals surface area contributed by atoms with Gasteiger partial charge in [0.05, 0.1) is 18.8 Å². The van der Waals surface area contributed by atoms with E-state index in [2.05, 4.69) is 15.6 Å². The van der Waals surface area contributed by atoms with Gasteiger partial charge < -0.3 is 39.2 Å². The van der Waals surface area contributed by atoms with Crippen LogP contribution in [0, 0.1) is 0 Å². The Bertz CT molecular complexity index is 493. The molecule has 2 heterocycles. The first-order valence-corrected chi connectivity index (χ1v) is 8.15. The van der Waals surface area contributed by atoms with E-state index in [0.29, 0.717) is 31.7 Å². The Balaban J connectivity index is 0.00000288. The first-order valence-electron chi connectivity index (χ1n) is 8.15. The number of aliphatic hydroxyl groups is 1. The van der Waals surface area contributed by atoms with Gasteiger partial charge in [0, 0.05) is 26.2 Å².